The molecule has 98 valence electrons. The van der Waals surface area contributed by atoms with E-state index < -0.39 is 0 Å². The zero-order chi connectivity index (χ0) is 12.8. The zero-order valence-corrected chi connectivity index (χ0v) is 12.0. The van der Waals surface area contributed by atoms with Gasteiger partial charge in [0.05, 0.1) is 17.4 Å². The number of nitrogens with zero attached hydrogens (tertiary/aromatic N) is 2. The van der Waals surface area contributed by atoms with Crippen molar-refractivity contribution >= 4 is 0 Å². The third kappa shape index (κ3) is 3.56. The second-order valence-electron chi connectivity index (χ2n) is 4.86. The molecule has 1 heterocycles. The van der Waals surface area contributed by atoms with E-state index in [9.17, 15) is 0 Å². The van der Waals surface area contributed by atoms with Crippen molar-refractivity contribution in [2.24, 2.45) is 13.0 Å². The molecule has 0 aliphatic rings. The Labute approximate surface area is 106 Å². The molecule has 0 aliphatic carbocycles. The van der Waals surface area contributed by atoms with Crippen molar-refractivity contribution in [3.05, 3.63) is 17.5 Å². The molecule has 0 saturated carbocycles. The Kier molecular flexibility index (Phi) is 5.69. The van der Waals surface area contributed by atoms with Gasteiger partial charge in [-0.25, -0.2) is 0 Å². The van der Waals surface area contributed by atoms with Crippen LogP contribution in [0.1, 0.15) is 58.0 Å². The first-order chi connectivity index (χ1) is 8.13. The van der Waals surface area contributed by atoms with Crippen molar-refractivity contribution in [1.29, 1.82) is 0 Å². The summed E-state index contributed by atoms with van der Waals surface area (Å²) in [5, 5.41) is 8.21. The van der Waals surface area contributed by atoms with E-state index in [1.54, 1.807) is 0 Å². The third-order valence-corrected chi connectivity index (χ3v) is 3.47. The molecule has 3 nitrogen and oxygen atoms in total. The fourth-order valence-electron chi connectivity index (χ4n) is 2.14. The highest BCUT2D eigenvalue weighted by Gasteiger charge is 2.20. The van der Waals surface area contributed by atoms with E-state index in [0.29, 0.717) is 12.0 Å². The van der Waals surface area contributed by atoms with Crippen LogP contribution < -0.4 is 5.32 Å². The van der Waals surface area contributed by atoms with E-state index in [2.05, 4.69) is 51.2 Å². The van der Waals surface area contributed by atoms with Crippen molar-refractivity contribution in [2.45, 2.75) is 53.0 Å². The molecule has 0 fully saturated rings. The molecule has 1 aromatic heterocycles. The van der Waals surface area contributed by atoms with Crippen molar-refractivity contribution in [3.63, 3.8) is 0 Å². The van der Waals surface area contributed by atoms with E-state index in [-0.39, 0.29) is 0 Å². The van der Waals surface area contributed by atoms with Gasteiger partial charge < -0.3 is 5.32 Å². The molecule has 0 amide bonds. The Morgan fingerprint density at radius 1 is 1.35 bits per heavy atom. The highest BCUT2D eigenvalue weighted by atomic mass is 15.3. The van der Waals surface area contributed by atoms with Gasteiger partial charge in [0.25, 0.3) is 0 Å². The van der Waals surface area contributed by atoms with Gasteiger partial charge in [0, 0.05) is 7.05 Å². The molecule has 0 radical (unpaired) electrons. The zero-order valence-electron chi connectivity index (χ0n) is 12.0. The molecule has 2 atom stereocenters. The predicted octanol–water partition coefficient (Wildman–Crippen LogP) is 3.07. The van der Waals surface area contributed by atoms with E-state index in [1.807, 2.05) is 4.68 Å². The number of hydrogen-bond donors (Lipinski definition) is 1. The Balaban J connectivity index is 2.90. The topological polar surface area (TPSA) is 29.9 Å². The Bertz CT molecular complexity index is 330. The SMILES string of the molecule is CCCNC(c1cc(CC)nn1C)C(C)CC. The van der Waals surface area contributed by atoms with Gasteiger partial charge in [-0.05, 0) is 31.4 Å². The molecular weight excluding hydrogens is 210 g/mol. The number of aromatic nitrogens is 2. The maximum atomic E-state index is 4.55. The Hall–Kier alpha value is -0.830. The standard InChI is InChI=1S/C14H27N3/c1-6-9-15-14(11(4)7-2)13-10-12(8-3)16-17(13)5/h10-11,14-15H,6-9H2,1-5H3. The number of hydrogen-bond acceptors (Lipinski definition) is 2. The van der Waals surface area contributed by atoms with Crippen molar-refractivity contribution in [3.8, 4) is 0 Å². The molecule has 0 saturated heterocycles. The largest absolute Gasteiger partial charge is 0.308 e. The highest BCUT2D eigenvalue weighted by Crippen LogP contribution is 2.24. The summed E-state index contributed by atoms with van der Waals surface area (Å²) >= 11 is 0. The van der Waals surface area contributed by atoms with Crippen LogP contribution in [0.3, 0.4) is 0 Å². The number of aryl methyl sites for hydroxylation is 2. The first-order valence-electron chi connectivity index (χ1n) is 6.90. The number of rotatable bonds is 7. The van der Waals surface area contributed by atoms with Crippen LogP contribution in [-0.2, 0) is 13.5 Å². The van der Waals surface area contributed by atoms with E-state index >= 15 is 0 Å². The van der Waals surface area contributed by atoms with Gasteiger partial charge in [0.2, 0.25) is 0 Å². The van der Waals surface area contributed by atoms with Gasteiger partial charge in [0.15, 0.2) is 0 Å². The second-order valence-corrected chi connectivity index (χ2v) is 4.86. The number of nitrogens with one attached hydrogen (secondary N) is 1. The summed E-state index contributed by atoms with van der Waals surface area (Å²) in [7, 11) is 2.05. The summed E-state index contributed by atoms with van der Waals surface area (Å²) in [6.45, 7) is 10.0. The molecular formula is C14H27N3. The van der Waals surface area contributed by atoms with Crippen LogP contribution in [0, 0.1) is 5.92 Å². The average molecular weight is 237 g/mol. The monoisotopic (exact) mass is 237 g/mol. The van der Waals surface area contributed by atoms with Gasteiger partial charge in [-0.1, -0.05) is 34.1 Å². The molecule has 3 heteroatoms. The lowest BCUT2D eigenvalue weighted by molar-refractivity contribution is 0.359. The van der Waals surface area contributed by atoms with Crippen LogP contribution in [0.2, 0.25) is 0 Å². The van der Waals surface area contributed by atoms with E-state index in [0.717, 1.165) is 13.0 Å². The molecule has 0 aliphatic heterocycles. The summed E-state index contributed by atoms with van der Waals surface area (Å²) in [6, 6.07) is 2.68. The van der Waals surface area contributed by atoms with E-state index in [4.69, 9.17) is 0 Å². The van der Waals surface area contributed by atoms with Crippen LogP contribution in [0.5, 0.6) is 0 Å². The normalized spacial score (nSPS) is 14.9. The molecule has 0 spiro atoms. The Morgan fingerprint density at radius 3 is 2.53 bits per heavy atom. The van der Waals surface area contributed by atoms with E-state index in [1.165, 1.54) is 24.2 Å². The summed E-state index contributed by atoms with van der Waals surface area (Å²) in [5.41, 5.74) is 2.51. The first-order valence-corrected chi connectivity index (χ1v) is 6.90. The maximum absolute atomic E-state index is 4.55. The van der Waals surface area contributed by atoms with Crippen LogP contribution in [0.4, 0.5) is 0 Å². The minimum atomic E-state index is 0.428. The minimum Gasteiger partial charge on any atom is -0.308 e. The van der Waals surface area contributed by atoms with Crippen LogP contribution >= 0.6 is 0 Å². The molecule has 0 bridgehead atoms. The maximum Gasteiger partial charge on any atom is 0.0625 e. The molecule has 1 N–H and O–H groups in total. The lowest BCUT2D eigenvalue weighted by atomic mass is 9.95. The Morgan fingerprint density at radius 2 is 2.06 bits per heavy atom. The van der Waals surface area contributed by atoms with Gasteiger partial charge in [-0.2, -0.15) is 5.10 Å². The second kappa shape index (κ2) is 6.80. The van der Waals surface area contributed by atoms with Gasteiger partial charge >= 0.3 is 0 Å². The molecule has 17 heavy (non-hydrogen) atoms. The van der Waals surface area contributed by atoms with Gasteiger partial charge in [0.1, 0.15) is 0 Å². The minimum absolute atomic E-state index is 0.428. The van der Waals surface area contributed by atoms with Crippen LogP contribution in [-0.4, -0.2) is 16.3 Å². The lowest BCUT2D eigenvalue weighted by Crippen LogP contribution is -2.29. The quantitative estimate of drug-likeness (QED) is 0.790. The predicted molar refractivity (Wildman–Crippen MR) is 73.1 cm³/mol. The lowest BCUT2D eigenvalue weighted by Gasteiger charge is -2.24. The summed E-state index contributed by atoms with van der Waals surface area (Å²) in [4.78, 5) is 0. The molecule has 1 aromatic rings. The third-order valence-electron chi connectivity index (χ3n) is 3.47. The van der Waals surface area contributed by atoms with Crippen LogP contribution in [0.25, 0.3) is 0 Å². The van der Waals surface area contributed by atoms with Gasteiger partial charge in [-0.3, -0.25) is 4.68 Å². The summed E-state index contributed by atoms with van der Waals surface area (Å²) in [6.07, 6.45) is 3.37. The van der Waals surface area contributed by atoms with Crippen molar-refractivity contribution in [2.75, 3.05) is 6.54 Å². The fourth-order valence-corrected chi connectivity index (χ4v) is 2.14. The average Bonchev–Trinajstić information content (AvgIpc) is 2.71. The molecule has 2 unspecified atom stereocenters. The highest BCUT2D eigenvalue weighted by molar-refractivity contribution is 5.15. The molecule has 1 rings (SSSR count). The first kappa shape index (κ1) is 14.2. The molecule has 0 aromatic carbocycles. The van der Waals surface area contributed by atoms with Crippen molar-refractivity contribution in [1.82, 2.24) is 15.1 Å². The van der Waals surface area contributed by atoms with Crippen LogP contribution in [0.15, 0.2) is 6.07 Å². The van der Waals surface area contributed by atoms with Crippen molar-refractivity contribution < 1.29 is 0 Å². The fraction of sp³-hybridized carbons (Fsp3) is 0.786. The van der Waals surface area contributed by atoms with Gasteiger partial charge in [-0.15, -0.1) is 0 Å². The smallest absolute Gasteiger partial charge is 0.0625 e. The summed E-state index contributed by atoms with van der Waals surface area (Å²) < 4.78 is 2.04. The summed E-state index contributed by atoms with van der Waals surface area (Å²) in [5.74, 6) is 0.640.